The Bertz CT molecular complexity index is 1430. The quantitative estimate of drug-likeness (QED) is 0.410. The van der Waals surface area contributed by atoms with Gasteiger partial charge in [0, 0.05) is 43.0 Å². The number of fused-ring (bicyclic) bond motifs is 1. The van der Waals surface area contributed by atoms with Gasteiger partial charge in [-0.05, 0) is 63.6 Å². The van der Waals surface area contributed by atoms with Crippen molar-refractivity contribution in [2.24, 2.45) is 0 Å². The van der Waals surface area contributed by atoms with Crippen LogP contribution < -0.4 is 15.2 Å². The zero-order valence-electron chi connectivity index (χ0n) is 21.3. The molecule has 37 heavy (non-hydrogen) atoms. The van der Waals surface area contributed by atoms with Gasteiger partial charge in [-0.2, -0.15) is 0 Å². The number of aromatic nitrogens is 4. The van der Waals surface area contributed by atoms with E-state index in [1.807, 2.05) is 55.5 Å². The maximum Gasteiger partial charge on any atom is 0.410 e. The summed E-state index contributed by atoms with van der Waals surface area (Å²) in [6.45, 7) is 6.75. The van der Waals surface area contributed by atoms with E-state index in [1.54, 1.807) is 36.5 Å². The highest BCUT2D eigenvalue weighted by Crippen LogP contribution is 2.35. The van der Waals surface area contributed by atoms with Gasteiger partial charge in [0.25, 0.3) is 0 Å². The Hall–Kier alpha value is -4.34. The molecular formula is C27H30N6O4. The molecule has 3 aromatic heterocycles. The summed E-state index contributed by atoms with van der Waals surface area (Å²) in [4.78, 5) is 27.8. The first-order valence-corrected chi connectivity index (χ1v) is 12.1. The zero-order chi connectivity index (χ0) is 26.2. The van der Waals surface area contributed by atoms with Crippen molar-refractivity contribution in [1.29, 1.82) is 0 Å². The van der Waals surface area contributed by atoms with E-state index in [1.165, 1.54) is 0 Å². The average Bonchev–Trinajstić information content (AvgIpc) is 3.50. The lowest BCUT2D eigenvalue weighted by molar-refractivity contribution is 0.0292. The molecule has 0 aliphatic carbocycles. The fourth-order valence-corrected chi connectivity index (χ4v) is 4.42. The normalized spacial score (nSPS) is 15.7. The summed E-state index contributed by atoms with van der Waals surface area (Å²) in [6.07, 6.45) is 3.79. The molecule has 1 aromatic carbocycles. The van der Waals surface area contributed by atoms with Gasteiger partial charge in [0.05, 0.1) is 18.3 Å². The summed E-state index contributed by atoms with van der Waals surface area (Å²) in [7, 11) is 1.60. The number of anilines is 1. The number of carbonyl (C=O) groups excluding carboxylic acids is 1. The largest absolute Gasteiger partial charge is 0.497 e. The van der Waals surface area contributed by atoms with Crippen molar-refractivity contribution >= 4 is 17.6 Å². The van der Waals surface area contributed by atoms with Gasteiger partial charge in [0.15, 0.2) is 0 Å². The smallest absolute Gasteiger partial charge is 0.410 e. The number of pyridine rings is 1. The minimum absolute atomic E-state index is 0.0554. The molecule has 10 heteroatoms. The van der Waals surface area contributed by atoms with Gasteiger partial charge in [-0.1, -0.05) is 0 Å². The van der Waals surface area contributed by atoms with Crippen LogP contribution in [-0.4, -0.2) is 56.1 Å². The van der Waals surface area contributed by atoms with Crippen molar-refractivity contribution in [3.05, 3.63) is 60.6 Å². The molecule has 0 spiro atoms. The van der Waals surface area contributed by atoms with Gasteiger partial charge in [0.1, 0.15) is 22.9 Å². The highest BCUT2D eigenvalue weighted by Gasteiger charge is 2.33. The van der Waals surface area contributed by atoms with Crippen LogP contribution in [0.5, 0.6) is 17.4 Å². The summed E-state index contributed by atoms with van der Waals surface area (Å²) in [6, 6.07) is 12.9. The van der Waals surface area contributed by atoms with E-state index in [2.05, 4.69) is 9.97 Å². The van der Waals surface area contributed by atoms with Gasteiger partial charge in [-0.3, -0.25) is 4.40 Å². The van der Waals surface area contributed by atoms with Crippen LogP contribution in [0, 0.1) is 0 Å². The number of nitrogens with zero attached hydrogens (tertiary/aromatic N) is 5. The second kappa shape index (κ2) is 9.61. The van der Waals surface area contributed by atoms with E-state index >= 15 is 0 Å². The number of nitrogens with two attached hydrogens (primary N) is 1. The van der Waals surface area contributed by atoms with Gasteiger partial charge in [-0.25, -0.2) is 19.7 Å². The number of methoxy groups -OCH3 is 1. The number of nitrogen functional groups attached to an aromatic ring is 1. The average molecular weight is 503 g/mol. The SMILES string of the molecule is COc1ccnc(Oc2ccc(-c3nc(C4CCN(C(=O)OC(C)(C)C)C4)c4ccnc(N)n34)cc2)c1. The second-order valence-corrected chi connectivity index (χ2v) is 9.92. The predicted octanol–water partition coefficient (Wildman–Crippen LogP) is 4.90. The van der Waals surface area contributed by atoms with Crippen molar-refractivity contribution < 1.29 is 19.0 Å². The van der Waals surface area contributed by atoms with Crippen LogP contribution >= 0.6 is 0 Å². The molecule has 5 rings (SSSR count). The second-order valence-electron chi connectivity index (χ2n) is 9.92. The molecule has 1 unspecified atom stereocenters. The van der Waals surface area contributed by atoms with E-state index < -0.39 is 5.60 Å². The van der Waals surface area contributed by atoms with Crippen LogP contribution in [0.1, 0.15) is 38.8 Å². The first-order chi connectivity index (χ1) is 17.7. The van der Waals surface area contributed by atoms with Gasteiger partial charge < -0.3 is 24.8 Å². The fourth-order valence-electron chi connectivity index (χ4n) is 4.42. The molecule has 0 radical (unpaired) electrons. The maximum atomic E-state index is 12.6. The number of hydrogen-bond acceptors (Lipinski definition) is 8. The van der Waals surface area contributed by atoms with Crippen molar-refractivity contribution in [2.75, 3.05) is 25.9 Å². The Morgan fingerprint density at radius 3 is 2.54 bits per heavy atom. The van der Waals surface area contributed by atoms with Crippen LogP contribution in [0.3, 0.4) is 0 Å². The molecule has 4 aromatic rings. The van der Waals surface area contributed by atoms with Crippen molar-refractivity contribution in [3.63, 3.8) is 0 Å². The van der Waals surface area contributed by atoms with E-state index in [4.69, 9.17) is 24.9 Å². The molecule has 0 bridgehead atoms. The number of ether oxygens (including phenoxy) is 3. The van der Waals surface area contributed by atoms with E-state index in [0.29, 0.717) is 42.2 Å². The minimum Gasteiger partial charge on any atom is -0.497 e. The summed E-state index contributed by atoms with van der Waals surface area (Å²) in [5.41, 5.74) is 8.37. The van der Waals surface area contributed by atoms with Crippen LogP contribution in [0.15, 0.2) is 54.9 Å². The first kappa shape index (κ1) is 24.4. The Labute approximate surface area is 215 Å². The van der Waals surface area contributed by atoms with E-state index in [-0.39, 0.29) is 12.0 Å². The highest BCUT2D eigenvalue weighted by molar-refractivity contribution is 5.71. The number of rotatable bonds is 5. The Kier molecular flexibility index (Phi) is 6.32. The molecule has 1 amide bonds. The highest BCUT2D eigenvalue weighted by atomic mass is 16.6. The molecule has 1 saturated heterocycles. The molecule has 1 aliphatic rings. The van der Waals surface area contributed by atoms with Crippen molar-refractivity contribution in [1.82, 2.24) is 24.3 Å². The zero-order valence-corrected chi connectivity index (χ0v) is 21.3. The van der Waals surface area contributed by atoms with Gasteiger partial charge in [0.2, 0.25) is 11.8 Å². The van der Waals surface area contributed by atoms with Crippen LogP contribution in [0.2, 0.25) is 0 Å². The molecule has 1 atom stereocenters. The van der Waals surface area contributed by atoms with E-state index in [9.17, 15) is 4.79 Å². The Morgan fingerprint density at radius 2 is 1.81 bits per heavy atom. The fraction of sp³-hybridized carbons (Fsp3) is 0.333. The molecule has 2 N–H and O–H groups in total. The third-order valence-electron chi connectivity index (χ3n) is 6.11. The number of imidazole rings is 1. The topological polar surface area (TPSA) is 117 Å². The van der Waals surface area contributed by atoms with E-state index in [0.717, 1.165) is 23.2 Å². The first-order valence-electron chi connectivity index (χ1n) is 12.1. The summed E-state index contributed by atoms with van der Waals surface area (Å²) < 4.78 is 18.5. The number of amides is 1. The van der Waals surface area contributed by atoms with Crippen molar-refractivity contribution in [3.8, 4) is 28.8 Å². The minimum atomic E-state index is -0.540. The van der Waals surface area contributed by atoms with Crippen molar-refractivity contribution in [2.45, 2.75) is 38.7 Å². The lowest BCUT2D eigenvalue weighted by Crippen LogP contribution is -2.35. The Morgan fingerprint density at radius 1 is 1.05 bits per heavy atom. The van der Waals surface area contributed by atoms with Gasteiger partial charge in [-0.15, -0.1) is 0 Å². The third kappa shape index (κ3) is 5.13. The molecule has 1 fully saturated rings. The number of carbonyl (C=O) groups is 1. The lowest BCUT2D eigenvalue weighted by atomic mass is 10.0. The Balaban J connectivity index is 1.42. The van der Waals surface area contributed by atoms with Crippen LogP contribution in [0.4, 0.5) is 10.7 Å². The van der Waals surface area contributed by atoms with Crippen LogP contribution in [0.25, 0.3) is 16.9 Å². The number of benzene rings is 1. The third-order valence-corrected chi connectivity index (χ3v) is 6.11. The van der Waals surface area contributed by atoms with Crippen LogP contribution in [-0.2, 0) is 4.74 Å². The molecule has 0 saturated carbocycles. The molecule has 4 heterocycles. The predicted molar refractivity (Wildman–Crippen MR) is 139 cm³/mol. The summed E-state index contributed by atoms with van der Waals surface area (Å²) in [5.74, 6) is 2.80. The number of likely N-dealkylation sites (tertiary alicyclic amines) is 1. The molecule has 10 nitrogen and oxygen atoms in total. The maximum absolute atomic E-state index is 12.6. The molecule has 192 valence electrons. The lowest BCUT2D eigenvalue weighted by Gasteiger charge is -2.24. The monoisotopic (exact) mass is 502 g/mol. The molecule has 1 aliphatic heterocycles. The number of hydrogen-bond donors (Lipinski definition) is 1. The molecular weight excluding hydrogens is 472 g/mol. The van der Waals surface area contributed by atoms with Gasteiger partial charge >= 0.3 is 6.09 Å². The summed E-state index contributed by atoms with van der Waals surface area (Å²) >= 11 is 0. The summed E-state index contributed by atoms with van der Waals surface area (Å²) in [5, 5.41) is 0. The standard InChI is InChI=1S/C27H30N6O4/c1-27(2,3)37-26(34)32-14-11-18(16-32)23-21-10-13-30-25(28)33(21)24(31-23)17-5-7-19(8-6-17)36-22-15-20(35-4)9-12-29-22/h5-10,12-13,15,18H,11,14,16H2,1-4H3,(H2,28,30).